The number of halogens is 2. The minimum absolute atomic E-state index is 0.262. The fraction of sp³-hybridized carbons (Fsp3) is 0.400. The smallest absolute Gasteiger partial charge is 0.124 e. The SMILES string of the molecule is COCC(O)CNc1ccc(F)cc1I. The first-order valence-electron chi connectivity index (χ1n) is 4.49. The molecule has 5 heteroatoms. The molecule has 0 saturated carbocycles. The summed E-state index contributed by atoms with van der Waals surface area (Å²) in [6.45, 7) is 0.667. The zero-order chi connectivity index (χ0) is 11.3. The van der Waals surface area contributed by atoms with Crippen LogP contribution in [0.1, 0.15) is 0 Å². The number of nitrogens with one attached hydrogen (secondary N) is 1. The second kappa shape index (κ2) is 6.24. The van der Waals surface area contributed by atoms with Gasteiger partial charge in [-0.2, -0.15) is 0 Å². The summed E-state index contributed by atoms with van der Waals surface area (Å²) >= 11 is 2.04. The van der Waals surface area contributed by atoms with Crippen molar-refractivity contribution in [3.8, 4) is 0 Å². The number of hydrogen-bond acceptors (Lipinski definition) is 3. The lowest BCUT2D eigenvalue weighted by Crippen LogP contribution is -2.24. The maximum Gasteiger partial charge on any atom is 0.124 e. The third-order valence-corrected chi connectivity index (χ3v) is 2.71. The molecule has 15 heavy (non-hydrogen) atoms. The zero-order valence-corrected chi connectivity index (χ0v) is 10.5. The van der Waals surface area contributed by atoms with E-state index in [4.69, 9.17) is 4.74 Å². The number of methoxy groups -OCH3 is 1. The molecule has 0 aliphatic heterocycles. The van der Waals surface area contributed by atoms with E-state index in [0.717, 1.165) is 9.26 Å². The van der Waals surface area contributed by atoms with E-state index in [-0.39, 0.29) is 12.4 Å². The Morgan fingerprint density at radius 1 is 1.60 bits per heavy atom. The summed E-state index contributed by atoms with van der Waals surface area (Å²) in [5, 5.41) is 12.4. The number of rotatable bonds is 5. The summed E-state index contributed by atoms with van der Waals surface area (Å²) in [4.78, 5) is 0. The molecule has 84 valence electrons. The average Bonchev–Trinajstić information content (AvgIpc) is 2.17. The maximum atomic E-state index is 12.8. The average molecular weight is 325 g/mol. The predicted octanol–water partition coefficient (Wildman–Crippen LogP) is 1.85. The Bertz CT molecular complexity index is 322. The molecule has 0 aliphatic rings. The Balaban J connectivity index is 2.50. The van der Waals surface area contributed by atoms with Crippen LogP contribution in [0.15, 0.2) is 18.2 Å². The van der Waals surface area contributed by atoms with Gasteiger partial charge in [-0.15, -0.1) is 0 Å². The van der Waals surface area contributed by atoms with Crippen molar-refractivity contribution in [2.45, 2.75) is 6.10 Å². The molecule has 1 unspecified atom stereocenters. The van der Waals surface area contributed by atoms with Crippen molar-refractivity contribution in [1.82, 2.24) is 0 Å². The lowest BCUT2D eigenvalue weighted by atomic mass is 10.3. The van der Waals surface area contributed by atoms with Gasteiger partial charge in [0.15, 0.2) is 0 Å². The van der Waals surface area contributed by atoms with E-state index in [1.54, 1.807) is 6.07 Å². The second-order valence-electron chi connectivity index (χ2n) is 3.11. The molecule has 0 radical (unpaired) electrons. The van der Waals surface area contributed by atoms with Crippen LogP contribution in [0.5, 0.6) is 0 Å². The molecule has 0 bridgehead atoms. The highest BCUT2D eigenvalue weighted by atomic mass is 127. The van der Waals surface area contributed by atoms with E-state index in [0.29, 0.717) is 6.54 Å². The van der Waals surface area contributed by atoms with Crippen molar-refractivity contribution in [3.05, 3.63) is 27.6 Å². The van der Waals surface area contributed by atoms with Crippen LogP contribution in [0.25, 0.3) is 0 Å². The highest BCUT2D eigenvalue weighted by Crippen LogP contribution is 2.18. The van der Waals surface area contributed by atoms with Gasteiger partial charge in [0.2, 0.25) is 0 Å². The van der Waals surface area contributed by atoms with Crippen molar-refractivity contribution in [2.75, 3.05) is 25.6 Å². The quantitative estimate of drug-likeness (QED) is 0.812. The van der Waals surface area contributed by atoms with E-state index in [9.17, 15) is 9.50 Å². The van der Waals surface area contributed by atoms with Gasteiger partial charge in [-0.25, -0.2) is 4.39 Å². The molecule has 3 nitrogen and oxygen atoms in total. The fourth-order valence-electron chi connectivity index (χ4n) is 1.11. The molecule has 2 N–H and O–H groups in total. The molecule has 0 aliphatic carbocycles. The van der Waals surface area contributed by atoms with Crippen molar-refractivity contribution in [1.29, 1.82) is 0 Å². The first kappa shape index (κ1) is 12.7. The van der Waals surface area contributed by atoms with Crippen molar-refractivity contribution in [3.63, 3.8) is 0 Å². The molecule has 1 atom stereocenters. The van der Waals surface area contributed by atoms with E-state index in [2.05, 4.69) is 5.32 Å². The Morgan fingerprint density at radius 3 is 2.93 bits per heavy atom. The normalized spacial score (nSPS) is 12.5. The molecule has 1 aromatic carbocycles. The topological polar surface area (TPSA) is 41.5 Å². The Kier molecular flexibility index (Phi) is 5.27. The molecule has 1 rings (SSSR count). The van der Waals surface area contributed by atoms with Crippen LogP contribution >= 0.6 is 22.6 Å². The van der Waals surface area contributed by atoms with Gasteiger partial charge < -0.3 is 15.2 Å². The number of aliphatic hydroxyl groups is 1. The summed E-state index contributed by atoms with van der Waals surface area (Å²) < 4.78 is 18.3. The lowest BCUT2D eigenvalue weighted by Gasteiger charge is -2.12. The monoisotopic (exact) mass is 325 g/mol. The van der Waals surface area contributed by atoms with Crippen molar-refractivity contribution >= 4 is 28.3 Å². The second-order valence-corrected chi connectivity index (χ2v) is 4.28. The predicted molar refractivity (Wildman–Crippen MR) is 65.5 cm³/mol. The Morgan fingerprint density at radius 2 is 2.33 bits per heavy atom. The van der Waals surface area contributed by atoms with Crippen LogP contribution in [-0.4, -0.2) is 31.5 Å². The van der Waals surface area contributed by atoms with Crippen LogP contribution in [-0.2, 0) is 4.74 Å². The molecule has 0 amide bonds. The first-order chi connectivity index (χ1) is 7.13. The van der Waals surface area contributed by atoms with Crippen molar-refractivity contribution in [2.24, 2.45) is 0 Å². The minimum Gasteiger partial charge on any atom is -0.389 e. The number of aliphatic hydroxyl groups excluding tert-OH is 1. The molecule has 1 aromatic rings. The van der Waals surface area contributed by atoms with Gasteiger partial charge in [-0.1, -0.05) is 0 Å². The van der Waals surface area contributed by atoms with Crippen molar-refractivity contribution < 1.29 is 14.2 Å². The van der Waals surface area contributed by atoms with Gasteiger partial charge in [0.05, 0.1) is 12.7 Å². The van der Waals surface area contributed by atoms with Gasteiger partial charge in [0.25, 0.3) is 0 Å². The van der Waals surface area contributed by atoms with Gasteiger partial charge in [0.1, 0.15) is 5.82 Å². The first-order valence-corrected chi connectivity index (χ1v) is 5.57. The number of hydrogen-bond donors (Lipinski definition) is 2. The molecular weight excluding hydrogens is 312 g/mol. The largest absolute Gasteiger partial charge is 0.389 e. The molecule has 0 spiro atoms. The standard InChI is InChI=1S/C10H13FINO2/c1-15-6-8(14)5-13-10-3-2-7(11)4-9(10)12/h2-4,8,13-14H,5-6H2,1H3. The Hall–Kier alpha value is -0.400. The van der Waals surface area contributed by atoms with Crippen LogP contribution in [0, 0.1) is 9.39 Å². The third-order valence-electron chi connectivity index (χ3n) is 1.82. The molecule has 0 aromatic heterocycles. The summed E-state index contributed by atoms with van der Waals surface area (Å²) in [5.74, 6) is -0.262. The van der Waals surface area contributed by atoms with E-state index >= 15 is 0 Å². The van der Waals surface area contributed by atoms with E-state index in [1.807, 2.05) is 22.6 Å². The van der Waals surface area contributed by atoms with Crippen LogP contribution in [0.4, 0.5) is 10.1 Å². The third kappa shape index (κ3) is 4.31. The number of benzene rings is 1. The Labute approximate surface area is 102 Å². The molecule has 0 saturated heterocycles. The minimum atomic E-state index is -0.559. The number of ether oxygens (including phenoxy) is 1. The highest BCUT2D eigenvalue weighted by molar-refractivity contribution is 14.1. The summed E-state index contributed by atoms with van der Waals surface area (Å²) in [6.07, 6.45) is -0.559. The van der Waals surface area contributed by atoms with Gasteiger partial charge >= 0.3 is 0 Å². The lowest BCUT2D eigenvalue weighted by molar-refractivity contribution is 0.0727. The maximum absolute atomic E-state index is 12.8. The summed E-state index contributed by atoms with van der Waals surface area (Å²) in [7, 11) is 1.53. The van der Waals surface area contributed by atoms with Crippen LogP contribution in [0.3, 0.4) is 0 Å². The fourth-order valence-corrected chi connectivity index (χ4v) is 1.78. The van der Waals surface area contributed by atoms with Crippen LogP contribution in [0.2, 0.25) is 0 Å². The van der Waals surface area contributed by atoms with E-state index in [1.165, 1.54) is 19.2 Å². The molecule has 0 heterocycles. The van der Waals surface area contributed by atoms with Gasteiger partial charge in [-0.3, -0.25) is 0 Å². The van der Waals surface area contributed by atoms with Gasteiger partial charge in [-0.05, 0) is 40.8 Å². The zero-order valence-electron chi connectivity index (χ0n) is 8.34. The van der Waals surface area contributed by atoms with Gasteiger partial charge in [0, 0.05) is 22.9 Å². The summed E-state index contributed by atoms with van der Waals surface area (Å²) in [5.41, 5.74) is 0.812. The highest BCUT2D eigenvalue weighted by Gasteiger charge is 2.05. The van der Waals surface area contributed by atoms with E-state index < -0.39 is 6.10 Å². The molecular formula is C10H13FINO2. The summed E-state index contributed by atoms with van der Waals surface area (Å²) in [6, 6.07) is 4.47. The van der Waals surface area contributed by atoms with Crippen LogP contribution < -0.4 is 5.32 Å². The molecule has 0 fully saturated rings. The number of anilines is 1.